The average molecular weight is 303 g/mol. The Hall–Kier alpha value is -0.910. The minimum atomic E-state index is -0.134. The Morgan fingerprint density at radius 1 is 1.38 bits per heavy atom. The number of aliphatic hydroxyl groups excluding tert-OH is 1. The molecule has 0 aliphatic rings. The van der Waals surface area contributed by atoms with E-state index in [2.05, 4.69) is 26.1 Å². The maximum Gasteiger partial charge on any atom is 0.163 e. The van der Waals surface area contributed by atoms with Gasteiger partial charge in [0.25, 0.3) is 0 Å². The van der Waals surface area contributed by atoms with Crippen molar-refractivity contribution in [3.8, 4) is 11.4 Å². The molecule has 1 heterocycles. The fraction of sp³-hybridized carbons (Fsp3) is 0.200. The van der Waals surface area contributed by atoms with E-state index in [1.807, 2.05) is 6.07 Å². The molecule has 0 radical (unpaired) electrons. The number of nitrogens with zero attached hydrogens (tertiary/aromatic N) is 3. The van der Waals surface area contributed by atoms with E-state index in [4.69, 9.17) is 16.7 Å². The Bertz CT molecular complexity index is 507. The summed E-state index contributed by atoms with van der Waals surface area (Å²) < 4.78 is 2.61. The van der Waals surface area contributed by atoms with E-state index in [-0.39, 0.29) is 6.61 Å². The molecule has 6 heteroatoms. The highest BCUT2D eigenvalue weighted by molar-refractivity contribution is 9.10. The van der Waals surface area contributed by atoms with E-state index < -0.39 is 0 Å². The Kier molecular flexibility index (Phi) is 3.28. The second-order valence-electron chi connectivity index (χ2n) is 3.32. The first-order valence-corrected chi connectivity index (χ1v) is 5.74. The van der Waals surface area contributed by atoms with Crippen LogP contribution in [0.2, 0.25) is 5.02 Å². The molecule has 1 aromatic carbocycles. The van der Waals surface area contributed by atoms with Crippen LogP contribution in [-0.4, -0.2) is 19.9 Å². The van der Waals surface area contributed by atoms with Gasteiger partial charge in [0.1, 0.15) is 6.61 Å². The molecule has 0 aliphatic carbocycles. The van der Waals surface area contributed by atoms with Gasteiger partial charge in [-0.05, 0) is 18.2 Å². The summed E-state index contributed by atoms with van der Waals surface area (Å²) in [5, 5.41) is 17.5. The van der Waals surface area contributed by atoms with E-state index in [1.165, 1.54) is 0 Å². The molecule has 16 heavy (non-hydrogen) atoms. The van der Waals surface area contributed by atoms with E-state index in [0.717, 1.165) is 10.0 Å². The standard InChI is InChI=1S/C10H9BrClN3O/c1-15-9(5-16)13-14-10(15)6-2-7(11)4-8(12)3-6/h2-4,16H,5H2,1H3. The highest BCUT2D eigenvalue weighted by Gasteiger charge is 2.10. The third kappa shape index (κ3) is 2.11. The lowest BCUT2D eigenvalue weighted by Crippen LogP contribution is -1.99. The molecule has 2 rings (SSSR count). The van der Waals surface area contributed by atoms with Gasteiger partial charge in [0.2, 0.25) is 0 Å². The summed E-state index contributed by atoms with van der Waals surface area (Å²) >= 11 is 9.32. The highest BCUT2D eigenvalue weighted by Crippen LogP contribution is 2.26. The molecule has 0 spiro atoms. The Balaban J connectivity index is 2.54. The first kappa shape index (κ1) is 11.6. The van der Waals surface area contributed by atoms with Gasteiger partial charge in [-0.3, -0.25) is 0 Å². The molecule has 4 nitrogen and oxygen atoms in total. The topological polar surface area (TPSA) is 50.9 Å². The molecule has 0 unspecified atom stereocenters. The third-order valence-corrected chi connectivity index (χ3v) is 2.90. The lowest BCUT2D eigenvalue weighted by Gasteiger charge is -2.03. The molecule has 1 aromatic heterocycles. The van der Waals surface area contributed by atoms with E-state index >= 15 is 0 Å². The maximum absolute atomic E-state index is 9.03. The zero-order chi connectivity index (χ0) is 11.7. The predicted molar refractivity (Wildman–Crippen MR) is 65.1 cm³/mol. The summed E-state index contributed by atoms with van der Waals surface area (Å²) in [6.07, 6.45) is 0. The van der Waals surface area contributed by atoms with Crippen LogP contribution in [0.15, 0.2) is 22.7 Å². The molecule has 0 amide bonds. The van der Waals surface area contributed by atoms with Gasteiger partial charge in [-0.2, -0.15) is 0 Å². The summed E-state index contributed by atoms with van der Waals surface area (Å²) in [4.78, 5) is 0. The van der Waals surface area contributed by atoms with Crippen molar-refractivity contribution in [2.45, 2.75) is 6.61 Å². The van der Waals surface area contributed by atoms with Crippen molar-refractivity contribution in [3.05, 3.63) is 33.5 Å². The molecule has 84 valence electrons. The van der Waals surface area contributed by atoms with E-state index in [9.17, 15) is 0 Å². The second-order valence-corrected chi connectivity index (χ2v) is 4.67. The lowest BCUT2D eigenvalue weighted by atomic mass is 10.2. The Morgan fingerprint density at radius 3 is 2.69 bits per heavy atom. The predicted octanol–water partition coefficient (Wildman–Crippen LogP) is 2.39. The summed E-state index contributed by atoms with van der Waals surface area (Å²) in [5.41, 5.74) is 0.856. The molecule has 0 bridgehead atoms. The number of halogens is 2. The van der Waals surface area contributed by atoms with Gasteiger partial charge < -0.3 is 9.67 Å². The first-order valence-electron chi connectivity index (χ1n) is 4.57. The van der Waals surface area contributed by atoms with Gasteiger partial charge in [0, 0.05) is 22.1 Å². The highest BCUT2D eigenvalue weighted by atomic mass is 79.9. The summed E-state index contributed by atoms with van der Waals surface area (Å²) in [5.74, 6) is 1.19. The van der Waals surface area contributed by atoms with Crippen LogP contribution in [0.4, 0.5) is 0 Å². The zero-order valence-corrected chi connectivity index (χ0v) is 10.8. The van der Waals surface area contributed by atoms with Crippen molar-refractivity contribution in [1.82, 2.24) is 14.8 Å². The fourth-order valence-electron chi connectivity index (χ4n) is 1.43. The van der Waals surface area contributed by atoms with Crippen LogP contribution in [0.25, 0.3) is 11.4 Å². The number of benzene rings is 1. The third-order valence-electron chi connectivity index (χ3n) is 2.23. The Labute approximate surface area is 106 Å². The summed E-state index contributed by atoms with van der Waals surface area (Å²) in [6, 6.07) is 5.50. The average Bonchev–Trinajstić information content (AvgIpc) is 2.58. The fourth-order valence-corrected chi connectivity index (χ4v) is 2.29. The van der Waals surface area contributed by atoms with Gasteiger partial charge in [-0.1, -0.05) is 27.5 Å². The van der Waals surface area contributed by atoms with Crippen molar-refractivity contribution in [1.29, 1.82) is 0 Å². The van der Waals surface area contributed by atoms with Crippen LogP contribution in [0.5, 0.6) is 0 Å². The van der Waals surface area contributed by atoms with Gasteiger partial charge in [-0.15, -0.1) is 10.2 Å². The summed E-state index contributed by atoms with van der Waals surface area (Å²) in [6.45, 7) is -0.134. The van der Waals surface area contributed by atoms with Crippen LogP contribution in [0.3, 0.4) is 0 Å². The largest absolute Gasteiger partial charge is 0.388 e. The van der Waals surface area contributed by atoms with E-state index in [1.54, 1.807) is 23.7 Å². The molecule has 2 aromatic rings. The van der Waals surface area contributed by atoms with Crippen LogP contribution < -0.4 is 0 Å². The number of hydrogen-bond donors (Lipinski definition) is 1. The second kappa shape index (κ2) is 4.53. The zero-order valence-electron chi connectivity index (χ0n) is 8.48. The van der Waals surface area contributed by atoms with Crippen LogP contribution in [-0.2, 0) is 13.7 Å². The van der Waals surface area contributed by atoms with E-state index in [0.29, 0.717) is 16.7 Å². The number of hydrogen-bond acceptors (Lipinski definition) is 3. The minimum absolute atomic E-state index is 0.134. The smallest absolute Gasteiger partial charge is 0.163 e. The molecule has 0 atom stereocenters. The molecule has 0 saturated heterocycles. The quantitative estimate of drug-likeness (QED) is 0.927. The normalized spacial score (nSPS) is 10.8. The molecule has 1 N–H and O–H groups in total. The van der Waals surface area contributed by atoms with Crippen molar-refractivity contribution in [2.24, 2.45) is 7.05 Å². The van der Waals surface area contributed by atoms with Crippen molar-refractivity contribution >= 4 is 27.5 Å². The maximum atomic E-state index is 9.03. The molecule has 0 aliphatic heterocycles. The number of aliphatic hydroxyl groups is 1. The van der Waals surface area contributed by atoms with Gasteiger partial charge >= 0.3 is 0 Å². The Morgan fingerprint density at radius 2 is 2.12 bits per heavy atom. The van der Waals surface area contributed by atoms with Crippen molar-refractivity contribution < 1.29 is 5.11 Å². The lowest BCUT2D eigenvalue weighted by molar-refractivity contribution is 0.267. The molecule has 0 saturated carbocycles. The van der Waals surface area contributed by atoms with Gasteiger partial charge in [0.15, 0.2) is 11.6 Å². The SMILES string of the molecule is Cn1c(CO)nnc1-c1cc(Cl)cc(Br)c1. The summed E-state index contributed by atoms with van der Waals surface area (Å²) in [7, 11) is 1.80. The number of rotatable bonds is 2. The van der Waals surface area contributed by atoms with Crippen LogP contribution in [0, 0.1) is 0 Å². The molecular formula is C10H9BrClN3O. The minimum Gasteiger partial charge on any atom is -0.388 e. The molecule has 0 fully saturated rings. The van der Waals surface area contributed by atoms with Crippen LogP contribution in [0.1, 0.15) is 5.82 Å². The van der Waals surface area contributed by atoms with Crippen molar-refractivity contribution in [2.75, 3.05) is 0 Å². The number of aromatic nitrogens is 3. The van der Waals surface area contributed by atoms with Crippen molar-refractivity contribution in [3.63, 3.8) is 0 Å². The molecular weight excluding hydrogens is 293 g/mol. The van der Waals surface area contributed by atoms with Crippen LogP contribution >= 0.6 is 27.5 Å². The monoisotopic (exact) mass is 301 g/mol. The van der Waals surface area contributed by atoms with Gasteiger partial charge in [-0.25, -0.2) is 0 Å². The first-order chi connectivity index (χ1) is 7.61. The van der Waals surface area contributed by atoms with Gasteiger partial charge in [0.05, 0.1) is 0 Å².